The van der Waals surface area contributed by atoms with Crippen LogP contribution >= 0.6 is 11.6 Å². The van der Waals surface area contributed by atoms with Gasteiger partial charge in [-0.05, 0) is 13.0 Å². The summed E-state index contributed by atoms with van der Waals surface area (Å²) in [5, 5.41) is 11.2. The molecule has 0 aliphatic heterocycles. The molecule has 21 heavy (non-hydrogen) atoms. The fourth-order valence-corrected chi connectivity index (χ4v) is 2.02. The molecule has 0 radical (unpaired) electrons. The van der Waals surface area contributed by atoms with Crippen molar-refractivity contribution in [2.24, 2.45) is 0 Å². The van der Waals surface area contributed by atoms with E-state index in [4.69, 9.17) is 16.3 Å². The summed E-state index contributed by atoms with van der Waals surface area (Å²) >= 11 is 5.82. The van der Waals surface area contributed by atoms with Crippen molar-refractivity contribution in [1.82, 2.24) is 25.1 Å². The Kier molecular flexibility index (Phi) is 5.24. The standard InChI is InChI=1S/C13H16ClN5O2/c1-9(12-18-16-8-19(12)3-4-21-2)17-13(20)10-5-11(14)7-15-6-10/h5-9H,3-4H2,1-2H3,(H,17,20)/t9-/m1/s1. The Morgan fingerprint density at radius 2 is 2.33 bits per heavy atom. The molecule has 0 saturated carbocycles. The van der Waals surface area contributed by atoms with Gasteiger partial charge < -0.3 is 14.6 Å². The van der Waals surface area contributed by atoms with Crippen molar-refractivity contribution >= 4 is 17.5 Å². The van der Waals surface area contributed by atoms with E-state index in [2.05, 4.69) is 20.5 Å². The predicted octanol–water partition coefficient (Wildman–Crippen LogP) is 1.46. The second-order valence-corrected chi connectivity index (χ2v) is 4.90. The summed E-state index contributed by atoms with van der Waals surface area (Å²) in [6, 6.07) is 1.27. The predicted molar refractivity (Wildman–Crippen MR) is 77.0 cm³/mol. The number of aromatic nitrogens is 4. The third kappa shape index (κ3) is 3.99. The van der Waals surface area contributed by atoms with Gasteiger partial charge in [-0.15, -0.1) is 10.2 Å². The van der Waals surface area contributed by atoms with Gasteiger partial charge in [0, 0.05) is 26.0 Å². The van der Waals surface area contributed by atoms with Gasteiger partial charge in [-0.2, -0.15) is 0 Å². The molecule has 0 fully saturated rings. The van der Waals surface area contributed by atoms with Gasteiger partial charge in [-0.3, -0.25) is 9.78 Å². The van der Waals surface area contributed by atoms with Crippen molar-refractivity contribution in [3.05, 3.63) is 41.2 Å². The molecule has 112 valence electrons. The molecular weight excluding hydrogens is 294 g/mol. The molecule has 1 amide bonds. The Balaban J connectivity index is 2.05. The zero-order valence-electron chi connectivity index (χ0n) is 11.8. The number of hydrogen-bond donors (Lipinski definition) is 1. The van der Waals surface area contributed by atoms with Gasteiger partial charge >= 0.3 is 0 Å². The Labute approximate surface area is 127 Å². The minimum Gasteiger partial charge on any atom is -0.383 e. The highest BCUT2D eigenvalue weighted by Gasteiger charge is 2.17. The van der Waals surface area contributed by atoms with Crippen LogP contribution in [0.15, 0.2) is 24.8 Å². The van der Waals surface area contributed by atoms with Gasteiger partial charge in [0.15, 0.2) is 5.82 Å². The average Bonchev–Trinajstić information content (AvgIpc) is 2.93. The van der Waals surface area contributed by atoms with E-state index in [1.54, 1.807) is 19.5 Å². The van der Waals surface area contributed by atoms with Crippen molar-refractivity contribution in [3.63, 3.8) is 0 Å². The number of rotatable bonds is 6. The van der Waals surface area contributed by atoms with Crippen molar-refractivity contribution in [3.8, 4) is 0 Å². The van der Waals surface area contributed by atoms with Crippen LogP contribution in [0.3, 0.4) is 0 Å². The van der Waals surface area contributed by atoms with Gasteiger partial charge in [-0.1, -0.05) is 11.6 Å². The topological polar surface area (TPSA) is 81.9 Å². The first-order valence-electron chi connectivity index (χ1n) is 6.40. The third-order valence-electron chi connectivity index (χ3n) is 2.88. The summed E-state index contributed by atoms with van der Waals surface area (Å²) in [4.78, 5) is 16.0. The molecule has 2 rings (SSSR count). The molecule has 0 saturated heterocycles. The highest BCUT2D eigenvalue weighted by Crippen LogP contribution is 2.12. The van der Waals surface area contributed by atoms with Gasteiger partial charge in [0.05, 0.1) is 23.2 Å². The van der Waals surface area contributed by atoms with E-state index >= 15 is 0 Å². The van der Waals surface area contributed by atoms with Crippen LogP contribution < -0.4 is 5.32 Å². The van der Waals surface area contributed by atoms with Gasteiger partial charge in [0.1, 0.15) is 6.33 Å². The molecular formula is C13H16ClN5O2. The number of halogens is 1. The quantitative estimate of drug-likeness (QED) is 0.873. The number of carbonyl (C=O) groups is 1. The van der Waals surface area contributed by atoms with E-state index in [-0.39, 0.29) is 11.9 Å². The number of amides is 1. The number of nitrogens with zero attached hydrogens (tertiary/aromatic N) is 4. The second kappa shape index (κ2) is 7.14. The second-order valence-electron chi connectivity index (χ2n) is 4.46. The molecule has 1 N–H and O–H groups in total. The van der Waals surface area contributed by atoms with Crippen LogP contribution in [-0.4, -0.2) is 39.4 Å². The largest absolute Gasteiger partial charge is 0.383 e. The lowest BCUT2D eigenvalue weighted by Crippen LogP contribution is -2.29. The first-order valence-corrected chi connectivity index (χ1v) is 6.77. The minimum atomic E-state index is -0.296. The molecule has 0 bridgehead atoms. The monoisotopic (exact) mass is 309 g/mol. The maximum atomic E-state index is 12.1. The summed E-state index contributed by atoms with van der Waals surface area (Å²) in [5.74, 6) is 0.397. The smallest absolute Gasteiger partial charge is 0.253 e. The first-order chi connectivity index (χ1) is 10.1. The first kappa shape index (κ1) is 15.4. The number of nitrogens with one attached hydrogen (secondary N) is 1. The Hall–Kier alpha value is -1.99. The Morgan fingerprint density at radius 1 is 1.52 bits per heavy atom. The molecule has 2 aromatic rings. The zero-order valence-corrected chi connectivity index (χ0v) is 12.5. The molecule has 0 aliphatic rings. The fraction of sp³-hybridized carbons (Fsp3) is 0.385. The molecule has 1 atom stereocenters. The van der Waals surface area contributed by atoms with Crippen LogP contribution in [0.1, 0.15) is 29.1 Å². The van der Waals surface area contributed by atoms with Crippen molar-refractivity contribution in [1.29, 1.82) is 0 Å². The van der Waals surface area contributed by atoms with Crippen molar-refractivity contribution < 1.29 is 9.53 Å². The molecule has 0 aliphatic carbocycles. The molecule has 2 heterocycles. The van der Waals surface area contributed by atoms with Crippen molar-refractivity contribution in [2.75, 3.05) is 13.7 Å². The number of pyridine rings is 1. The van der Waals surface area contributed by atoms with E-state index in [0.717, 1.165) is 0 Å². The maximum Gasteiger partial charge on any atom is 0.253 e. The Morgan fingerprint density at radius 3 is 3.05 bits per heavy atom. The SMILES string of the molecule is COCCn1cnnc1[C@@H](C)NC(=O)c1cncc(Cl)c1. The third-order valence-corrected chi connectivity index (χ3v) is 3.09. The van der Waals surface area contributed by atoms with Gasteiger partial charge in [0.25, 0.3) is 5.91 Å². The number of carbonyl (C=O) groups excluding carboxylic acids is 1. The van der Waals surface area contributed by atoms with Crippen LogP contribution in [0.4, 0.5) is 0 Å². The number of hydrogen-bond acceptors (Lipinski definition) is 5. The summed E-state index contributed by atoms with van der Waals surface area (Å²) in [5.41, 5.74) is 0.400. The van der Waals surface area contributed by atoms with E-state index in [0.29, 0.717) is 29.6 Å². The van der Waals surface area contributed by atoms with Crippen LogP contribution in [0.2, 0.25) is 5.02 Å². The molecule has 8 heteroatoms. The fourth-order valence-electron chi connectivity index (χ4n) is 1.84. The summed E-state index contributed by atoms with van der Waals surface area (Å²) in [6.45, 7) is 3.00. The van der Waals surface area contributed by atoms with E-state index in [1.165, 1.54) is 12.4 Å². The lowest BCUT2D eigenvalue weighted by atomic mass is 10.2. The van der Waals surface area contributed by atoms with Gasteiger partial charge in [0.2, 0.25) is 0 Å². The summed E-state index contributed by atoms with van der Waals surface area (Å²) in [6.07, 6.45) is 4.55. The lowest BCUT2D eigenvalue weighted by Gasteiger charge is -2.14. The average molecular weight is 310 g/mol. The molecule has 2 aromatic heterocycles. The summed E-state index contributed by atoms with van der Waals surface area (Å²) in [7, 11) is 1.63. The minimum absolute atomic E-state index is 0.265. The lowest BCUT2D eigenvalue weighted by molar-refractivity contribution is 0.0937. The molecule has 7 nitrogen and oxygen atoms in total. The van der Waals surface area contributed by atoms with Crippen LogP contribution in [0, 0.1) is 0 Å². The summed E-state index contributed by atoms with van der Waals surface area (Å²) < 4.78 is 6.86. The number of methoxy groups -OCH3 is 1. The van der Waals surface area contributed by atoms with E-state index in [9.17, 15) is 4.79 Å². The van der Waals surface area contributed by atoms with Crippen molar-refractivity contribution in [2.45, 2.75) is 19.5 Å². The van der Waals surface area contributed by atoms with E-state index in [1.807, 2.05) is 11.5 Å². The van der Waals surface area contributed by atoms with Crippen LogP contribution in [0.25, 0.3) is 0 Å². The van der Waals surface area contributed by atoms with Crippen LogP contribution in [0.5, 0.6) is 0 Å². The molecule has 0 unspecified atom stereocenters. The zero-order chi connectivity index (χ0) is 15.2. The molecule has 0 spiro atoms. The van der Waals surface area contributed by atoms with E-state index < -0.39 is 0 Å². The Bertz CT molecular complexity index is 616. The number of ether oxygens (including phenoxy) is 1. The van der Waals surface area contributed by atoms with Crippen LogP contribution in [-0.2, 0) is 11.3 Å². The maximum absolute atomic E-state index is 12.1. The van der Waals surface area contributed by atoms with Gasteiger partial charge in [-0.25, -0.2) is 0 Å². The highest BCUT2D eigenvalue weighted by atomic mass is 35.5. The normalized spacial score (nSPS) is 12.1. The molecule has 0 aromatic carbocycles. The highest BCUT2D eigenvalue weighted by molar-refractivity contribution is 6.30.